The van der Waals surface area contributed by atoms with Gasteiger partial charge in [-0.2, -0.15) is 4.98 Å². The molecule has 2 aromatic rings. The highest BCUT2D eigenvalue weighted by Crippen LogP contribution is 2.29. The van der Waals surface area contributed by atoms with Crippen LogP contribution in [0.4, 0.5) is 0 Å². The second-order valence-corrected chi connectivity index (χ2v) is 6.91. The van der Waals surface area contributed by atoms with E-state index in [9.17, 15) is 0 Å². The molecule has 0 spiro atoms. The minimum Gasteiger partial charge on any atom is -0.339 e. The quantitative estimate of drug-likeness (QED) is 0.914. The molecule has 1 aromatic carbocycles. The lowest BCUT2D eigenvalue weighted by atomic mass is 9.84. The van der Waals surface area contributed by atoms with Crippen LogP contribution in [0, 0.1) is 12.3 Å². The predicted molar refractivity (Wildman–Crippen MR) is 84.2 cm³/mol. The molecular formula is C17H25N3O. The molecule has 2 rings (SSSR count). The lowest BCUT2D eigenvalue weighted by Crippen LogP contribution is -2.19. The van der Waals surface area contributed by atoms with Crippen LogP contribution in [-0.2, 0) is 6.42 Å². The normalized spacial score (nSPS) is 13.4. The van der Waals surface area contributed by atoms with Gasteiger partial charge in [-0.15, -0.1) is 0 Å². The Morgan fingerprint density at radius 2 is 2.05 bits per heavy atom. The molecule has 0 saturated carbocycles. The minimum absolute atomic E-state index is 0.128. The summed E-state index contributed by atoms with van der Waals surface area (Å²) in [6.45, 7) is 9.20. The van der Waals surface area contributed by atoms with Crippen molar-refractivity contribution in [2.24, 2.45) is 11.1 Å². The van der Waals surface area contributed by atoms with Crippen molar-refractivity contribution < 1.29 is 4.52 Å². The van der Waals surface area contributed by atoms with E-state index in [0.29, 0.717) is 18.9 Å². The Labute approximate surface area is 126 Å². The Balaban J connectivity index is 2.10. The summed E-state index contributed by atoms with van der Waals surface area (Å²) in [5.74, 6) is 1.52. The molecule has 4 heteroatoms. The molecule has 0 aliphatic heterocycles. The van der Waals surface area contributed by atoms with E-state index in [1.807, 2.05) is 6.07 Å². The number of rotatable bonds is 5. The summed E-state index contributed by atoms with van der Waals surface area (Å²) < 4.78 is 5.42. The SMILES string of the molecule is Cc1cccc(Cc2noc(C(CN)CC(C)(C)C)n2)c1. The molecular weight excluding hydrogens is 262 g/mol. The van der Waals surface area contributed by atoms with E-state index in [1.54, 1.807) is 0 Å². The maximum absolute atomic E-state index is 5.87. The van der Waals surface area contributed by atoms with Crippen LogP contribution in [0.15, 0.2) is 28.8 Å². The van der Waals surface area contributed by atoms with Crippen LogP contribution in [0.1, 0.15) is 56.0 Å². The van der Waals surface area contributed by atoms with E-state index < -0.39 is 0 Å². The van der Waals surface area contributed by atoms with Crippen molar-refractivity contribution in [3.8, 4) is 0 Å². The van der Waals surface area contributed by atoms with Crippen molar-refractivity contribution in [2.45, 2.75) is 46.5 Å². The zero-order chi connectivity index (χ0) is 15.5. The van der Waals surface area contributed by atoms with Gasteiger partial charge in [0, 0.05) is 13.0 Å². The minimum atomic E-state index is 0.128. The van der Waals surface area contributed by atoms with Crippen LogP contribution in [0.3, 0.4) is 0 Å². The van der Waals surface area contributed by atoms with Gasteiger partial charge in [0.1, 0.15) is 0 Å². The van der Waals surface area contributed by atoms with Gasteiger partial charge in [0.15, 0.2) is 5.82 Å². The number of hydrogen-bond acceptors (Lipinski definition) is 4. The van der Waals surface area contributed by atoms with E-state index in [0.717, 1.165) is 12.2 Å². The summed E-state index contributed by atoms with van der Waals surface area (Å²) in [4.78, 5) is 4.53. The largest absolute Gasteiger partial charge is 0.339 e. The van der Waals surface area contributed by atoms with Gasteiger partial charge in [-0.1, -0.05) is 55.8 Å². The zero-order valence-electron chi connectivity index (χ0n) is 13.4. The topological polar surface area (TPSA) is 64.9 Å². The van der Waals surface area contributed by atoms with Gasteiger partial charge in [-0.3, -0.25) is 0 Å². The molecule has 114 valence electrons. The Morgan fingerprint density at radius 1 is 1.29 bits per heavy atom. The van der Waals surface area contributed by atoms with Crippen LogP contribution < -0.4 is 5.73 Å². The number of aromatic nitrogens is 2. The number of nitrogens with two attached hydrogens (primary N) is 1. The van der Waals surface area contributed by atoms with Gasteiger partial charge >= 0.3 is 0 Å². The number of aryl methyl sites for hydroxylation is 1. The molecule has 1 unspecified atom stereocenters. The lowest BCUT2D eigenvalue weighted by molar-refractivity contribution is 0.286. The van der Waals surface area contributed by atoms with Gasteiger partial charge in [0.05, 0.1) is 5.92 Å². The summed E-state index contributed by atoms with van der Waals surface area (Å²) in [5.41, 5.74) is 8.49. The molecule has 1 aromatic heterocycles. The van der Waals surface area contributed by atoms with E-state index in [4.69, 9.17) is 10.3 Å². The van der Waals surface area contributed by atoms with E-state index in [1.165, 1.54) is 11.1 Å². The van der Waals surface area contributed by atoms with E-state index >= 15 is 0 Å². The van der Waals surface area contributed by atoms with Crippen molar-refractivity contribution in [2.75, 3.05) is 6.54 Å². The Kier molecular flexibility index (Phi) is 4.78. The Hall–Kier alpha value is -1.68. The molecule has 0 amide bonds. The fraction of sp³-hybridized carbons (Fsp3) is 0.529. The second kappa shape index (κ2) is 6.39. The Morgan fingerprint density at radius 3 is 2.67 bits per heavy atom. The van der Waals surface area contributed by atoms with Gasteiger partial charge in [0.2, 0.25) is 5.89 Å². The Bertz CT molecular complexity index is 584. The number of nitrogens with zero attached hydrogens (tertiary/aromatic N) is 2. The van der Waals surface area contributed by atoms with Crippen molar-refractivity contribution in [3.05, 3.63) is 47.1 Å². The molecule has 0 fully saturated rings. The summed E-state index contributed by atoms with van der Waals surface area (Å²) in [5, 5.41) is 4.10. The van der Waals surface area contributed by atoms with Crippen LogP contribution in [-0.4, -0.2) is 16.7 Å². The standard InChI is InChI=1S/C17H25N3O/c1-12-6-5-7-13(8-12)9-15-19-16(21-20-15)14(11-18)10-17(2,3)4/h5-8,14H,9-11,18H2,1-4H3. The van der Waals surface area contributed by atoms with Crippen molar-refractivity contribution >= 4 is 0 Å². The number of benzene rings is 1. The molecule has 4 nitrogen and oxygen atoms in total. The smallest absolute Gasteiger partial charge is 0.231 e. The first-order chi connectivity index (χ1) is 9.87. The average molecular weight is 287 g/mol. The summed E-state index contributed by atoms with van der Waals surface area (Å²) in [6, 6.07) is 8.36. The average Bonchev–Trinajstić information content (AvgIpc) is 2.83. The fourth-order valence-electron chi connectivity index (χ4n) is 2.52. The molecule has 0 saturated heterocycles. The first kappa shape index (κ1) is 15.7. The summed E-state index contributed by atoms with van der Waals surface area (Å²) >= 11 is 0. The fourth-order valence-corrected chi connectivity index (χ4v) is 2.52. The van der Waals surface area contributed by atoms with Crippen molar-refractivity contribution in [3.63, 3.8) is 0 Å². The predicted octanol–water partition coefficient (Wildman–Crippen LogP) is 3.45. The number of hydrogen-bond donors (Lipinski definition) is 1. The molecule has 0 aliphatic rings. The zero-order valence-corrected chi connectivity index (χ0v) is 13.4. The molecule has 2 N–H and O–H groups in total. The third-order valence-corrected chi connectivity index (χ3v) is 3.42. The molecule has 0 aliphatic carbocycles. The van der Waals surface area contributed by atoms with Gasteiger partial charge < -0.3 is 10.3 Å². The van der Waals surface area contributed by atoms with Gasteiger partial charge in [-0.05, 0) is 24.3 Å². The lowest BCUT2D eigenvalue weighted by Gasteiger charge is -2.22. The van der Waals surface area contributed by atoms with Crippen molar-refractivity contribution in [1.29, 1.82) is 0 Å². The van der Waals surface area contributed by atoms with Crippen molar-refractivity contribution in [1.82, 2.24) is 10.1 Å². The molecule has 0 bridgehead atoms. The monoisotopic (exact) mass is 287 g/mol. The molecule has 21 heavy (non-hydrogen) atoms. The molecule has 1 atom stereocenters. The highest BCUT2D eigenvalue weighted by Gasteiger charge is 2.24. The van der Waals surface area contributed by atoms with Crippen LogP contribution >= 0.6 is 0 Å². The third kappa shape index (κ3) is 4.67. The van der Waals surface area contributed by atoms with Gasteiger partial charge in [-0.25, -0.2) is 0 Å². The molecule has 0 radical (unpaired) electrons. The summed E-state index contributed by atoms with van der Waals surface area (Å²) in [6.07, 6.45) is 1.63. The van der Waals surface area contributed by atoms with Crippen LogP contribution in [0.2, 0.25) is 0 Å². The summed E-state index contributed by atoms with van der Waals surface area (Å²) in [7, 11) is 0. The van der Waals surface area contributed by atoms with Crippen LogP contribution in [0.5, 0.6) is 0 Å². The first-order valence-corrected chi connectivity index (χ1v) is 7.45. The van der Waals surface area contributed by atoms with E-state index in [-0.39, 0.29) is 11.3 Å². The van der Waals surface area contributed by atoms with Crippen LogP contribution in [0.25, 0.3) is 0 Å². The molecule has 1 heterocycles. The maximum Gasteiger partial charge on any atom is 0.231 e. The second-order valence-electron chi connectivity index (χ2n) is 6.91. The van der Waals surface area contributed by atoms with E-state index in [2.05, 4.69) is 56.0 Å². The highest BCUT2D eigenvalue weighted by atomic mass is 16.5. The first-order valence-electron chi connectivity index (χ1n) is 7.45. The highest BCUT2D eigenvalue weighted by molar-refractivity contribution is 5.24. The van der Waals surface area contributed by atoms with Gasteiger partial charge in [0.25, 0.3) is 0 Å². The third-order valence-electron chi connectivity index (χ3n) is 3.42. The maximum atomic E-state index is 5.87.